The highest BCUT2D eigenvalue weighted by molar-refractivity contribution is 6.00. The van der Waals surface area contributed by atoms with Crippen LogP contribution in [0.15, 0.2) is 36.4 Å². The van der Waals surface area contributed by atoms with Gasteiger partial charge in [0.1, 0.15) is 0 Å². The summed E-state index contributed by atoms with van der Waals surface area (Å²) in [5, 5.41) is 9.21. The fourth-order valence-corrected chi connectivity index (χ4v) is 2.40. The van der Waals surface area contributed by atoms with Gasteiger partial charge in [-0.2, -0.15) is 0 Å². The van der Waals surface area contributed by atoms with E-state index in [9.17, 15) is 14.7 Å². The maximum Gasteiger partial charge on any atom is 0.335 e. The molecule has 0 saturated carbocycles. The average Bonchev–Trinajstić information content (AvgIpc) is 2.60. The van der Waals surface area contributed by atoms with Crippen LogP contribution in [0.25, 0.3) is 0 Å². The molecule has 2 aromatic rings. The van der Waals surface area contributed by atoms with Crippen molar-refractivity contribution in [2.75, 3.05) is 21.3 Å². The van der Waals surface area contributed by atoms with Gasteiger partial charge in [0.2, 0.25) is 5.75 Å². The molecule has 0 atom stereocenters. The zero-order valence-corrected chi connectivity index (χ0v) is 13.7. The standard InChI is InChI=1S/C18H18O6/c1-22-15-9-12(10-16(23-2)17(15)24-3)14(19)8-11-6-4-5-7-13(11)18(20)21/h4-7,9-10H,8H2,1-3H3,(H,20,21). The molecule has 6 nitrogen and oxygen atoms in total. The number of carbonyl (C=O) groups excluding carboxylic acids is 1. The van der Waals surface area contributed by atoms with Crippen molar-refractivity contribution >= 4 is 11.8 Å². The van der Waals surface area contributed by atoms with Gasteiger partial charge in [-0.25, -0.2) is 4.79 Å². The number of Topliss-reactive ketones (excluding diaryl/α,β-unsaturated/α-hetero) is 1. The molecule has 2 aromatic carbocycles. The first kappa shape index (κ1) is 17.3. The van der Waals surface area contributed by atoms with E-state index in [-0.39, 0.29) is 17.8 Å². The number of carbonyl (C=O) groups is 2. The van der Waals surface area contributed by atoms with Gasteiger partial charge < -0.3 is 19.3 Å². The van der Waals surface area contributed by atoms with Gasteiger partial charge in [0.05, 0.1) is 26.9 Å². The molecule has 0 heterocycles. The molecular weight excluding hydrogens is 312 g/mol. The zero-order valence-electron chi connectivity index (χ0n) is 13.7. The molecular formula is C18H18O6. The Morgan fingerprint density at radius 1 is 0.958 bits per heavy atom. The Kier molecular flexibility index (Phi) is 5.42. The van der Waals surface area contributed by atoms with Crippen molar-refractivity contribution in [3.63, 3.8) is 0 Å². The predicted molar refractivity (Wildman–Crippen MR) is 87.5 cm³/mol. The van der Waals surface area contributed by atoms with Crippen LogP contribution < -0.4 is 14.2 Å². The average molecular weight is 330 g/mol. The van der Waals surface area contributed by atoms with Crippen LogP contribution in [0.2, 0.25) is 0 Å². The Bertz CT molecular complexity index is 741. The summed E-state index contributed by atoms with van der Waals surface area (Å²) in [6, 6.07) is 9.51. The van der Waals surface area contributed by atoms with Gasteiger partial charge in [-0.1, -0.05) is 18.2 Å². The SMILES string of the molecule is COc1cc(C(=O)Cc2ccccc2C(=O)O)cc(OC)c1OC. The largest absolute Gasteiger partial charge is 0.493 e. The van der Waals surface area contributed by atoms with E-state index in [1.165, 1.54) is 27.4 Å². The van der Waals surface area contributed by atoms with Crippen LogP contribution >= 0.6 is 0 Å². The normalized spacial score (nSPS) is 10.1. The van der Waals surface area contributed by atoms with E-state index in [0.29, 0.717) is 28.4 Å². The van der Waals surface area contributed by atoms with E-state index in [1.54, 1.807) is 30.3 Å². The molecule has 0 aliphatic heterocycles. The quantitative estimate of drug-likeness (QED) is 0.786. The first-order chi connectivity index (χ1) is 11.5. The molecule has 0 fully saturated rings. The van der Waals surface area contributed by atoms with Crippen molar-refractivity contribution in [2.45, 2.75) is 6.42 Å². The van der Waals surface area contributed by atoms with Crippen molar-refractivity contribution in [3.8, 4) is 17.2 Å². The Morgan fingerprint density at radius 2 is 1.54 bits per heavy atom. The number of aromatic carboxylic acids is 1. The molecule has 0 spiro atoms. The molecule has 0 radical (unpaired) electrons. The third-order valence-corrected chi connectivity index (χ3v) is 3.59. The molecule has 0 bridgehead atoms. The predicted octanol–water partition coefficient (Wildman–Crippen LogP) is 2.84. The van der Waals surface area contributed by atoms with Crippen LogP contribution in [0, 0.1) is 0 Å². The number of carboxylic acids is 1. The molecule has 2 rings (SSSR count). The Labute approximate surface area is 139 Å². The van der Waals surface area contributed by atoms with Crippen molar-refractivity contribution in [1.29, 1.82) is 0 Å². The molecule has 1 N–H and O–H groups in total. The summed E-state index contributed by atoms with van der Waals surface area (Å²) in [6.07, 6.45) is -0.0406. The summed E-state index contributed by atoms with van der Waals surface area (Å²) in [6.45, 7) is 0. The first-order valence-electron chi connectivity index (χ1n) is 7.16. The van der Waals surface area contributed by atoms with E-state index in [0.717, 1.165) is 0 Å². The van der Waals surface area contributed by atoms with Gasteiger partial charge in [-0.3, -0.25) is 4.79 Å². The van der Waals surface area contributed by atoms with Gasteiger partial charge in [0, 0.05) is 12.0 Å². The third kappa shape index (κ3) is 3.48. The second kappa shape index (κ2) is 7.50. The minimum absolute atomic E-state index is 0.0406. The molecule has 24 heavy (non-hydrogen) atoms. The highest BCUT2D eigenvalue weighted by atomic mass is 16.5. The van der Waals surface area contributed by atoms with Gasteiger partial charge in [0.25, 0.3) is 0 Å². The van der Waals surface area contributed by atoms with Gasteiger partial charge in [-0.15, -0.1) is 0 Å². The summed E-state index contributed by atoms with van der Waals surface area (Å²) >= 11 is 0. The maximum atomic E-state index is 12.6. The molecule has 0 aliphatic rings. The van der Waals surface area contributed by atoms with E-state index in [2.05, 4.69) is 0 Å². The summed E-state index contributed by atoms with van der Waals surface area (Å²) in [7, 11) is 4.40. The van der Waals surface area contributed by atoms with Crippen LogP contribution in [-0.4, -0.2) is 38.2 Å². The lowest BCUT2D eigenvalue weighted by molar-refractivity contribution is 0.0696. The molecule has 0 amide bonds. The molecule has 126 valence electrons. The molecule has 0 aliphatic carbocycles. The van der Waals surface area contributed by atoms with Crippen molar-refractivity contribution in [1.82, 2.24) is 0 Å². The highest BCUT2D eigenvalue weighted by Crippen LogP contribution is 2.38. The summed E-state index contributed by atoms with van der Waals surface area (Å²) < 4.78 is 15.7. The minimum Gasteiger partial charge on any atom is -0.493 e. The fraction of sp³-hybridized carbons (Fsp3) is 0.222. The van der Waals surface area contributed by atoms with Crippen LogP contribution in [-0.2, 0) is 6.42 Å². The lowest BCUT2D eigenvalue weighted by Crippen LogP contribution is -2.09. The van der Waals surface area contributed by atoms with Crippen LogP contribution in [0.3, 0.4) is 0 Å². The van der Waals surface area contributed by atoms with E-state index in [4.69, 9.17) is 14.2 Å². The van der Waals surface area contributed by atoms with Gasteiger partial charge >= 0.3 is 5.97 Å². The fourth-order valence-electron chi connectivity index (χ4n) is 2.40. The smallest absolute Gasteiger partial charge is 0.335 e. The Hall–Kier alpha value is -3.02. The van der Waals surface area contributed by atoms with Gasteiger partial charge in [0.15, 0.2) is 17.3 Å². The van der Waals surface area contributed by atoms with E-state index in [1.807, 2.05) is 0 Å². The summed E-state index contributed by atoms with van der Waals surface area (Å²) in [4.78, 5) is 23.8. The molecule has 0 unspecified atom stereocenters. The maximum absolute atomic E-state index is 12.6. The number of ketones is 1. The van der Waals surface area contributed by atoms with Crippen LogP contribution in [0.4, 0.5) is 0 Å². The Balaban J connectivity index is 2.39. The second-order valence-corrected chi connectivity index (χ2v) is 4.98. The van der Waals surface area contributed by atoms with E-state index < -0.39 is 5.97 Å². The molecule has 6 heteroatoms. The first-order valence-corrected chi connectivity index (χ1v) is 7.16. The number of carboxylic acid groups (broad SMARTS) is 1. The van der Waals surface area contributed by atoms with Crippen molar-refractivity contribution in [3.05, 3.63) is 53.1 Å². The van der Waals surface area contributed by atoms with Crippen LogP contribution in [0.1, 0.15) is 26.3 Å². The lowest BCUT2D eigenvalue weighted by atomic mass is 9.98. The van der Waals surface area contributed by atoms with Crippen molar-refractivity contribution in [2.24, 2.45) is 0 Å². The Morgan fingerprint density at radius 3 is 2.04 bits per heavy atom. The number of hydrogen-bond acceptors (Lipinski definition) is 5. The second-order valence-electron chi connectivity index (χ2n) is 4.98. The monoisotopic (exact) mass is 330 g/mol. The molecule has 0 saturated heterocycles. The number of rotatable bonds is 7. The topological polar surface area (TPSA) is 82.1 Å². The lowest BCUT2D eigenvalue weighted by Gasteiger charge is -2.14. The molecule has 0 aromatic heterocycles. The van der Waals surface area contributed by atoms with Gasteiger partial charge in [-0.05, 0) is 23.8 Å². The highest BCUT2D eigenvalue weighted by Gasteiger charge is 2.19. The van der Waals surface area contributed by atoms with Crippen LogP contribution in [0.5, 0.6) is 17.2 Å². The number of benzene rings is 2. The zero-order chi connectivity index (χ0) is 17.7. The summed E-state index contributed by atoms with van der Waals surface area (Å²) in [5.41, 5.74) is 0.909. The minimum atomic E-state index is -1.07. The number of hydrogen-bond donors (Lipinski definition) is 1. The number of methoxy groups -OCH3 is 3. The third-order valence-electron chi connectivity index (χ3n) is 3.59. The number of ether oxygens (including phenoxy) is 3. The van der Waals surface area contributed by atoms with Crippen molar-refractivity contribution < 1.29 is 28.9 Å². The summed E-state index contributed by atoms with van der Waals surface area (Å²) in [5.74, 6) is -0.188. The van der Waals surface area contributed by atoms with E-state index >= 15 is 0 Å².